The van der Waals surface area contributed by atoms with E-state index in [4.69, 9.17) is 9.47 Å². The van der Waals surface area contributed by atoms with E-state index in [1.54, 1.807) is 22.7 Å². The third-order valence-electron chi connectivity index (χ3n) is 6.44. The molecule has 0 radical (unpaired) electrons. The van der Waals surface area contributed by atoms with E-state index >= 15 is 0 Å². The van der Waals surface area contributed by atoms with Gasteiger partial charge in [-0.05, 0) is 64.0 Å². The molecular weight excluding hydrogens is 426 g/mol. The summed E-state index contributed by atoms with van der Waals surface area (Å²) < 4.78 is 13.2. The molecule has 0 spiro atoms. The maximum absolute atomic E-state index is 12.4. The highest BCUT2D eigenvalue weighted by Gasteiger charge is 2.28. The van der Waals surface area contributed by atoms with E-state index in [2.05, 4.69) is 15.3 Å². The van der Waals surface area contributed by atoms with E-state index in [1.165, 1.54) is 0 Å². The number of carboxylic acid groups (broad SMARTS) is 1. The first-order valence-corrected chi connectivity index (χ1v) is 11.6. The van der Waals surface area contributed by atoms with Gasteiger partial charge in [0.15, 0.2) is 0 Å². The summed E-state index contributed by atoms with van der Waals surface area (Å²) in [5.41, 5.74) is 2.52. The lowest BCUT2D eigenvalue weighted by Gasteiger charge is -2.27. The number of aromatic nitrogens is 4. The van der Waals surface area contributed by atoms with E-state index in [0.29, 0.717) is 41.4 Å². The Labute approximate surface area is 192 Å². The Balaban J connectivity index is 1.43. The van der Waals surface area contributed by atoms with Gasteiger partial charge in [-0.1, -0.05) is 5.21 Å². The van der Waals surface area contributed by atoms with Crippen LogP contribution in [0, 0.1) is 12.8 Å². The number of likely N-dealkylation sites (tertiary alicyclic amines) is 1. The van der Waals surface area contributed by atoms with Crippen LogP contribution >= 0.6 is 0 Å². The molecule has 2 aromatic rings. The van der Waals surface area contributed by atoms with E-state index in [0.717, 1.165) is 45.2 Å². The monoisotopic (exact) mass is 457 g/mol. The normalized spacial score (nSPS) is 21.0. The van der Waals surface area contributed by atoms with Crippen molar-refractivity contribution in [1.29, 1.82) is 0 Å². The molecule has 2 atom stereocenters. The first-order chi connectivity index (χ1) is 15.9. The van der Waals surface area contributed by atoms with Gasteiger partial charge in [0.1, 0.15) is 23.7 Å². The van der Waals surface area contributed by atoms with Crippen LogP contribution in [-0.2, 0) is 23.2 Å². The van der Waals surface area contributed by atoms with Crippen LogP contribution in [0.1, 0.15) is 56.3 Å². The number of aliphatic carboxylic acids is 1. The maximum atomic E-state index is 12.4. The molecule has 2 aromatic heterocycles. The number of carbonyl (C=O) groups is 2. The summed E-state index contributed by atoms with van der Waals surface area (Å²) in [6, 6.07) is 3.64. The molecule has 0 aromatic carbocycles. The molecule has 2 aliphatic rings. The maximum Gasteiger partial charge on any atom is 0.410 e. The van der Waals surface area contributed by atoms with E-state index in [-0.39, 0.29) is 24.7 Å². The number of piperidine rings is 1. The highest BCUT2D eigenvalue weighted by atomic mass is 16.6. The van der Waals surface area contributed by atoms with Crippen LogP contribution in [0.2, 0.25) is 0 Å². The van der Waals surface area contributed by atoms with Gasteiger partial charge in [-0.15, -0.1) is 5.10 Å². The van der Waals surface area contributed by atoms with Gasteiger partial charge in [0.2, 0.25) is 0 Å². The number of rotatable bonds is 6. The first-order valence-electron chi connectivity index (χ1n) is 11.6. The van der Waals surface area contributed by atoms with Crippen molar-refractivity contribution in [3.8, 4) is 17.1 Å². The second-order valence-corrected chi connectivity index (χ2v) is 8.83. The van der Waals surface area contributed by atoms with Crippen LogP contribution in [0.15, 0.2) is 12.1 Å². The third-order valence-corrected chi connectivity index (χ3v) is 6.44. The summed E-state index contributed by atoms with van der Waals surface area (Å²) in [4.78, 5) is 30.1. The summed E-state index contributed by atoms with van der Waals surface area (Å²) in [5, 5.41) is 17.6. The molecule has 178 valence electrons. The van der Waals surface area contributed by atoms with Crippen molar-refractivity contribution >= 4 is 12.1 Å². The molecule has 4 rings (SSSR count). The highest BCUT2D eigenvalue weighted by molar-refractivity contribution is 5.70. The van der Waals surface area contributed by atoms with Crippen molar-refractivity contribution in [2.45, 2.75) is 64.6 Å². The molecular formula is C23H31N5O5. The molecule has 1 N–H and O–H groups in total. The van der Waals surface area contributed by atoms with Crippen LogP contribution in [0.25, 0.3) is 11.4 Å². The minimum atomic E-state index is -0.760. The molecule has 33 heavy (non-hydrogen) atoms. The van der Waals surface area contributed by atoms with Crippen LogP contribution < -0.4 is 4.74 Å². The Morgan fingerprint density at radius 2 is 1.94 bits per heavy atom. The number of pyridine rings is 1. The zero-order valence-electron chi connectivity index (χ0n) is 19.2. The third kappa shape index (κ3) is 5.43. The Bertz CT molecular complexity index is 1000. The predicted octanol–water partition coefficient (Wildman–Crippen LogP) is 3.33. The zero-order valence-corrected chi connectivity index (χ0v) is 19.2. The lowest BCUT2D eigenvalue weighted by Crippen LogP contribution is -2.36. The molecule has 1 amide bonds. The second kappa shape index (κ2) is 10.2. The highest BCUT2D eigenvalue weighted by Crippen LogP contribution is 2.30. The van der Waals surface area contributed by atoms with Crippen LogP contribution in [0.5, 0.6) is 5.75 Å². The molecule has 2 fully saturated rings. The Morgan fingerprint density at radius 3 is 2.67 bits per heavy atom. The molecule has 1 saturated carbocycles. The van der Waals surface area contributed by atoms with Crippen LogP contribution in [0.3, 0.4) is 0 Å². The van der Waals surface area contributed by atoms with Crippen LogP contribution in [-0.4, -0.2) is 61.2 Å². The smallest absolute Gasteiger partial charge is 0.410 e. The fourth-order valence-corrected chi connectivity index (χ4v) is 4.50. The van der Waals surface area contributed by atoms with Gasteiger partial charge in [0, 0.05) is 20.1 Å². The molecule has 10 nitrogen and oxygen atoms in total. The van der Waals surface area contributed by atoms with Gasteiger partial charge >= 0.3 is 12.1 Å². The Kier molecular flexibility index (Phi) is 7.10. The number of hydrogen-bond acceptors (Lipinski definition) is 7. The lowest BCUT2D eigenvalue weighted by atomic mass is 9.87. The molecule has 1 aliphatic carbocycles. The second-order valence-electron chi connectivity index (χ2n) is 8.83. The first kappa shape index (κ1) is 23.0. The Morgan fingerprint density at radius 1 is 1.15 bits per heavy atom. The number of ether oxygens (including phenoxy) is 2. The number of carbonyl (C=O) groups excluding carboxylic acids is 1. The summed E-state index contributed by atoms with van der Waals surface area (Å²) in [5.74, 6) is -0.479. The summed E-state index contributed by atoms with van der Waals surface area (Å²) in [6.07, 6.45) is 5.58. The van der Waals surface area contributed by atoms with Gasteiger partial charge in [-0.3, -0.25) is 4.79 Å². The predicted molar refractivity (Wildman–Crippen MR) is 119 cm³/mol. The number of carboxylic acids is 1. The van der Waals surface area contributed by atoms with Crippen molar-refractivity contribution in [2.24, 2.45) is 13.0 Å². The lowest BCUT2D eigenvalue weighted by molar-refractivity contribution is -0.143. The molecule has 0 bridgehead atoms. The molecule has 10 heteroatoms. The Hall–Kier alpha value is -3.17. The fraction of sp³-hybridized carbons (Fsp3) is 0.609. The van der Waals surface area contributed by atoms with Crippen LogP contribution in [0.4, 0.5) is 4.79 Å². The van der Waals surface area contributed by atoms with Gasteiger partial charge in [0.25, 0.3) is 0 Å². The van der Waals surface area contributed by atoms with E-state index in [9.17, 15) is 14.7 Å². The minimum absolute atomic E-state index is 0.0613. The van der Waals surface area contributed by atoms with Crippen molar-refractivity contribution < 1.29 is 24.2 Å². The number of aryl methyl sites for hydroxylation is 2. The zero-order chi connectivity index (χ0) is 23.4. The number of nitrogens with zero attached hydrogens (tertiary/aromatic N) is 5. The number of amides is 1. The molecule has 1 aliphatic heterocycles. The van der Waals surface area contributed by atoms with Crippen molar-refractivity contribution in [3.05, 3.63) is 23.5 Å². The average Bonchev–Trinajstić information content (AvgIpc) is 3.19. The molecule has 1 saturated heterocycles. The van der Waals surface area contributed by atoms with Gasteiger partial charge in [-0.25, -0.2) is 14.5 Å². The number of hydrogen-bond donors (Lipinski definition) is 1. The van der Waals surface area contributed by atoms with Gasteiger partial charge in [0.05, 0.1) is 23.4 Å². The van der Waals surface area contributed by atoms with E-state index < -0.39 is 5.97 Å². The standard InChI is InChI=1S/C23H31N5O5/c1-15-20(33-17-8-6-7-16(13-17)22(29)30)10-9-18(24-15)21-19(27(2)26-25-21)14-32-23(31)28-11-4-3-5-12-28/h9-10,16-17H,3-8,11-14H2,1-2H3,(H,29,30)/t16-,17-/m0/s1. The van der Waals surface area contributed by atoms with Crippen molar-refractivity contribution in [1.82, 2.24) is 24.9 Å². The van der Waals surface area contributed by atoms with Gasteiger partial charge in [-0.2, -0.15) is 0 Å². The van der Waals surface area contributed by atoms with Crippen molar-refractivity contribution in [3.63, 3.8) is 0 Å². The topological polar surface area (TPSA) is 120 Å². The minimum Gasteiger partial charge on any atom is -0.489 e. The SMILES string of the molecule is Cc1nc(-c2nnn(C)c2COC(=O)N2CCCCC2)ccc1O[C@H]1CCC[C@H](C(=O)O)C1. The van der Waals surface area contributed by atoms with Crippen molar-refractivity contribution in [2.75, 3.05) is 13.1 Å². The summed E-state index contributed by atoms with van der Waals surface area (Å²) in [6.45, 7) is 3.37. The molecule has 3 heterocycles. The largest absolute Gasteiger partial charge is 0.489 e. The fourth-order valence-electron chi connectivity index (χ4n) is 4.50. The van der Waals surface area contributed by atoms with E-state index in [1.807, 2.05) is 13.0 Å². The summed E-state index contributed by atoms with van der Waals surface area (Å²) >= 11 is 0. The quantitative estimate of drug-likeness (QED) is 0.701. The average molecular weight is 458 g/mol. The van der Waals surface area contributed by atoms with Gasteiger partial charge < -0.3 is 19.5 Å². The molecule has 0 unspecified atom stereocenters. The summed E-state index contributed by atoms with van der Waals surface area (Å²) in [7, 11) is 1.76.